The molecule has 1 saturated heterocycles. The second kappa shape index (κ2) is 13.6. The van der Waals surface area contributed by atoms with Crippen molar-refractivity contribution in [3.05, 3.63) is 71.8 Å². The number of likely N-dealkylation sites (tertiary alicyclic amines) is 1. The minimum absolute atomic E-state index is 0. The van der Waals surface area contributed by atoms with E-state index < -0.39 is 0 Å². The number of aryl methyl sites for hydroxylation is 1. The molecule has 0 amide bonds. The van der Waals surface area contributed by atoms with Crippen molar-refractivity contribution in [1.82, 2.24) is 15.5 Å². The second-order valence-corrected chi connectivity index (χ2v) is 7.66. The van der Waals surface area contributed by atoms with E-state index in [2.05, 4.69) is 81.2 Å². The van der Waals surface area contributed by atoms with E-state index in [0.717, 1.165) is 44.9 Å². The molecule has 1 aliphatic heterocycles. The summed E-state index contributed by atoms with van der Waals surface area (Å²) in [6, 6.07) is 21.5. The van der Waals surface area contributed by atoms with Crippen molar-refractivity contribution < 1.29 is 0 Å². The molecule has 158 valence electrons. The first-order valence-corrected chi connectivity index (χ1v) is 10.6. The van der Waals surface area contributed by atoms with Crippen molar-refractivity contribution in [3.63, 3.8) is 0 Å². The fourth-order valence-corrected chi connectivity index (χ4v) is 3.82. The van der Waals surface area contributed by atoms with Crippen molar-refractivity contribution in [2.75, 3.05) is 39.8 Å². The minimum atomic E-state index is 0. The predicted octanol–water partition coefficient (Wildman–Crippen LogP) is 3.97. The molecule has 1 fully saturated rings. The summed E-state index contributed by atoms with van der Waals surface area (Å²) in [4.78, 5) is 6.96. The highest BCUT2D eigenvalue weighted by Gasteiger charge is 2.22. The molecule has 0 spiro atoms. The number of rotatable bonds is 9. The number of hydrogen-bond donors (Lipinski definition) is 2. The van der Waals surface area contributed by atoms with Gasteiger partial charge in [0.25, 0.3) is 0 Å². The molecular weight excluding hydrogens is 471 g/mol. The third-order valence-corrected chi connectivity index (χ3v) is 5.49. The van der Waals surface area contributed by atoms with E-state index in [1.165, 1.54) is 30.6 Å². The van der Waals surface area contributed by atoms with E-state index in [-0.39, 0.29) is 24.0 Å². The minimum Gasteiger partial charge on any atom is -0.356 e. The molecule has 0 saturated carbocycles. The first-order chi connectivity index (χ1) is 13.8. The van der Waals surface area contributed by atoms with Gasteiger partial charge in [-0.2, -0.15) is 0 Å². The van der Waals surface area contributed by atoms with Crippen LogP contribution in [0.15, 0.2) is 65.7 Å². The Bertz CT molecular complexity index is 705. The van der Waals surface area contributed by atoms with E-state index in [1.54, 1.807) is 0 Å². The maximum Gasteiger partial charge on any atom is 0.190 e. The first kappa shape index (κ1) is 23.7. The van der Waals surface area contributed by atoms with Crippen LogP contribution in [0.5, 0.6) is 0 Å². The van der Waals surface area contributed by atoms with Crippen LogP contribution < -0.4 is 10.6 Å². The molecule has 1 atom stereocenters. The Balaban J connectivity index is 0.00000300. The van der Waals surface area contributed by atoms with Crippen LogP contribution in [-0.4, -0.2) is 50.6 Å². The van der Waals surface area contributed by atoms with Crippen LogP contribution in [0.2, 0.25) is 0 Å². The van der Waals surface area contributed by atoms with Crippen LogP contribution in [-0.2, 0) is 12.8 Å². The quantitative estimate of drug-likeness (QED) is 0.234. The zero-order chi connectivity index (χ0) is 19.4. The number of nitrogens with zero attached hydrogens (tertiary/aromatic N) is 2. The Morgan fingerprint density at radius 2 is 1.62 bits per heavy atom. The molecule has 3 rings (SSSR count). The van der Waals surface area contributed by atoms with Gasteiger partial charge in [-0.25, -0.2) is 0 Å². The maximum absolute atomic E-state index is 4.37. The van der Waals surface area contributed by atoms with Gasteiger partial charge in [-0.05, 0) is 49.3 Å². The predicted molar refractivity (Wildman–Crippen MR) is 134 cm³/mol. The van der Waals surface area contributed by atoms with Crippen molar-refractivity contribution in [2.24, 2.45) is 10.9 Å². The van der Waals surface area contributed by atoms with E-state index >= 15 is 0 Å². The molecule has 0 aromatic heterocycles. The number of guanidine groups is 1. The monoisotopic (exact) mass is 506 g/mol. The van der Waals surface area contributed by atoms with Gasteiger partial charge in [-0.1, -0.05) is 60.7 Å². The van der Waals surface area contributed by atoms with Crippen molar-refractivity contribution in [2.45, 2.75) is 25.7 Å². The molecule has 2 aromatic carbocycles. The Kier molecular flexibility index (Phi) is 11.1. The Morgan fingerprint density at radius 1 is 0.966 bits per heavy atom. The van der Waals surface area contributed by atoms with Gasteiger partial charge in [0.2, 0.25) is 0 Å². The average molecular weight is 506 g/mol. The van der Waals surface area contributed by atoms with E-state index in [4.69, 9.17) is 0 Å². The lowest BCUT2D eigenvalue weighted by Crippen LogP contribution is -2.40. The van der Waals surface area contributed by atoms with Gasteiger partial charge >= 0.3 is 0 Å². The highest BCUT2D eigenvalue weighted by Crippen LogP contribution is 2.16. The van der Waals surface area contributed by atoms with Gasteiger partial charge in [0, 0.05) is 33.2 Å². The fourth-order valence-electron chi connectivity index (χ4n) is 3.82. The lowest BCUT2D eigenvalue weighted by Gasteiger charge is -2.17. The third-order valence-electron chi connectivity index (χ3n) is 5.49. The number of nitrogens with one attached hydrogen (secondary N) is 2. The molecule has 0 bridgehead atoms. The number of benzene rings is 2. The Hall–Kier alpha value is -1.60. The van der Waals surface area contributed by atoms with Gasteiger partial charge in [0.1, 0.15) is 0 Å². The fraction of sp³-hybridized carbons (Fsp3) is 0.458. The lowest BCUT2D eigenvalue weighted by molar-refractivity contribution is 0.328. The average Bonchev–Trinajstić information content (AvgIpc) is 3.21. The number of hydrogen-bond acceptors (Lipinski definition) is 2. The van der Waals surface area contributed by atoms with E-state index in [0.29, 0.717) is 5.92 Å². The highest BCUT2D eigenvalue weighted by molar-refractivity contribution is 14.0. The summed E-state index contributed by atoms with van der Waals surface area (Å²) in [7, 11) is 1.85. The summed E-state index contributed by atoms with van der Waals surface area (Å²) in [5, 5.41) is 6.96. The van der Waals surface area contributed by atoms with Crippen molar-refractivity contribution in [3.8, 4) is 0 Å². The molecule has 0 radical (unpaired) electrons. The number of halogens is 1. The van der Waals surface area contributed by atoms with E-state index in [1.807, 2.05) is 7.05 Å². The van der Waals surface area contributed by atoms with Crippen molar-refractivity contribution >= 4 is 29.9 Å². The first-order valence-electron chi connectivity index (χ1n) is 10.6. The number of aliphatic imine (C=N–C) groups is 1. The summed E-state index contributed by atoms with van der Waals surface area (Å²) in [5.41, 5.74) is 2.83. The summed E-state index contributed by atoms with van der Waals surface area (Å²) in [6.07, 6.45) is 4.63. The van der Waals surface area contributed by atoms with Crippen LogP contribution >= 0.6 is 24.0 Å². The van der Waals surface area contributed by atoms with Gasteiger partial charge in [0.05, 0.1) is 0 Å². The highest BCUT2D eigenvalue weighted by atomic mass is 127. The molecule has 0 aliphatic carbocycles. The summed E-state index contributed by atoms with van der Waals surface area (Å²) < 4.78 is 0. The van der Waals surface area contributed by atoms with E-state index in [9.17, 15) is 0 Å². The molecule has 2 N–H and O–H groups in total. The van der Waals surface area contributed by atoms with Gasteiger partial charge in [-0.3, -0.25) is 4.99 Å². The molecule has 5 heteroatoms. The topological polar surface area (TPSA) is 39.7 Å². The maximum atomic E-state index is 4.37. The van der Waals surface area contributed by atoms with Gasteiger partial charge in [0.15, 0.2) is 5.96 Å². The normalized spacial score (nSPS) is 17.0. The molecule has 4 nitrogen and oxygen atoms in total. The third kappa shape index (κ3) is 8.74. The SMILES string of the molecule is CN=C(NCCCc1ccccc1)NCC1CCN(CCc2ccccc2)C1.I. The molecule has 1 heterocycles. The largest absolute Gasteiger partial charge is 0.356 e. The zero-order valence-corrected chi connectivity index (χ0v) is 19.8. The molecule has 29 heavy (non-hydrogen) atoms. The summed E-state index contributed by atoms with van der Waals surface area (Å²) >= 11 is 0. The van der Waals surface area contributed by atoms with Crippen LogP contribution in [0.4, 0.5) is 0 Å². The summed E-state index contributed by atoms with van der Waals surface area (Å²) in [5.74, 6) is 1.63. The molecule has 1 aliphatic rings. The van der Waals surface area contributed by atoms with Crippen LogP contribution in [0.25, 0.3) is 0 Å². The Morgan fingerprint density at radius 3 is 2.28 bits per heavy atom. The van der Waals surface area contributed by atoms with Crippen LogP contribution in [0, 0.1) is 5.92 Å². The second-order valence-electron chi connectivity index (χ2n) is 7.66. The standard InChI is InChI=1S/C24H34N4.HI/c1-25-24(26-16-8-13-21-9-4-2-5-10-21)27-19-23-15-18-28(20-23)17-14-22-11-6-3-7-12-22;/h2-7,9-12,23H,8,13-20H2,1H3,(H2,25,26,27);1H. The van der Waals surface area contributed by atoms with Crippen LogP contribution in [0.3, 0.4) is 0 Å². The molecular formula is C24H35IN4. The van der Waals surface area contributed by atoms with Crippen LogP contribution in [0.1, 0.15) is 24.0 Å². The molecule has 1 unspecified atom stereocenters. The van der Waals surface area contributed by atoms with Gasteiger partial charge < -0.3 is 15.5 Å². The zero-order valence-electron chi connectivity index (χ0n) is 17.5. The smallest absolute Gasteiger partial charge is 0.190 e. The Labute approximate surface area is 193 Å². The van der Waals surface area contributed by atoms with Gasteiger partial charge in [-0.15, -0.1) is 24.0 Å². The van der Waals surface area contributed by atoms with Crippen molar-refractivity contribution in [1.29, 1.82) is 0 Å². The summed E-state index contributed by atoms with van der Waals surface area (Å²) in [6.45, 7) is 5.50. The molecule has 2 aromatic rings. The lowest BCUT2D eigenvalue weighted by atomic mass is 10.1.